The first-order valence-electron chi connectivity index (χ1n) is 6.15. The average molecular weight is 255 g/mol. The van der Waals surface area contributed by atoms with Crippen LogP contribution in [0.25, 0.3) is 0 Å². The Morgan fingerprint density at radius 1 is 1.32 bits per heavy atom. The molecule has 0 fully saturated rings. The lowest BCUT2D eigenvalue weighted by Crippen LogP contribution is -2.36. The standard InChI is InChI=1S/C14H13N3O2/c18-13-4-3-10(8-16-13)14(19)17-7-5-12-11(9-17)2-1-6-15-12/h1-4,6,8H,5,7,9H2,(H,16,18). The van der Waals surface area contributed by atoms with Crippen molar-refractivity contribution in [1.82, 2.24) is 14.9 Å². The first-order valence-corrected chi connectivity index (χ1v) is 6.15. The van der Waals surface area contributed by atoms with Crippen LogP contribution in [0, 0.1) is 0 Å². The summed E-state index contributed by atoms with van der Waals surface area (Å²) in [6.07, 6.45) is 4.01. The number of H-pyrrole nitrogens is 1. The van der Waals surface area contributed by atoms with Crippen molar-refractivity contribution in [2.24, 2.45) is 0 Å². The van der Waals surface area contributed by atoms with Gasteiger partial charge in [0.25, 0.3) is 5.91 Å². The average Bonchev–Trinajstić information content (AvgIpc) is 2.47. The third kappa shape index (κ3) is 2.27. The summed E-state index contributed by atoms with van der Waals surface area (Å²) in [5, 5.41) is 0. The molecule has 3 rings (SSSR count). The molecule has 0 aliphatic carbocycles. The lowest BCUT2D eigenvalue weighted by molar-refractivity contribution is 0.0733. The van der Waals surface area contributed by atoms with Gasteiger partial charge in [-0.2, -0.15) is 0 Å². The van der Waals surface area contributed by atoms with Crippen molar-refractivity contribution in [3.63, 3.8) is 0 Å². The number of hydrogen-bond acceptors (Lipinski definition) is 3. The van der Waals surface area contributed by atoms with Crippen LogP contribution in [0.1, 0.15) is 21.6 Å². The largest absolute Gasteiger partial charge is 0.334 e. The van der Waals surface area contributed by atoms with Gasteiger partial charge in [0.15, 0.2) is 0 Å². The fourth-order valence-corrected chi connectivity index (χ4v) is 2.27. The minimum absolute atomic E-state index is 0.0641. The zero-order valence-corrected chi connectivity index (χ0v) is 10.3. The molecule has 0 spiro atoms. The number of carbonyl (C=O) groups is 1. The van der Waals surface area contributed by atoms with Gasteiger partial charge < -0.3 is 9.88 Å². The molecule has 1 amide bonds. The summed E-state index contributed by atoms with van der Waals surface area (Å²) in [6, 6.07) is 6.80. The van der Waals surface area contributed by atoms with Gasteiger partial charge in [0, 0.05) is 43.7 Å². The van der Waals surface area contributed by atoms with Crippen LogP contribution in [0.15, 0.2) is 41.5 Å². The SMILES string of the molecule is O=C(c1ccc(=O)[nH]c1)N1CCc2ncccc2C1. The summed E-state index contributed by atoms with van der Waals surface area (Å²) in [6.45, 7) is 1.23. The summed E-state index contributed by atoms with van der Waals surface area (Å²) in [5.74, 6) is -0.0641. The van der Waals surface area contributed by atoms with Crippen molar-refractivity contribution < 1.29 is 4.79 Å². The van der Waals surface area contributed by atoms with Crippen molar-refractivity contribution in [2.75, 3.05) is 6.54 Å². The molecule has 5 nitrogen and oxygen atoms in total. The molecule has 1 N–H and O–H groups in total. The van der Waals surface area contributed by atoms with Crippen LogP contribution in [0.2, 0.25) is 0 Å². The van der Waals surface area contributed by atoms with Gasteiger partial charge in [0.1, 0.15) is 0 Å². The number of hydrogen-bond donors (Lipinski definition) is 1. The first kappa shape index (κ1) is 11.6. The molecule has 5 heteroatoms. The Kier molecular flexibility index (Phi) is 2.87. The lowest BCUT2D eigenvalue weighted by Gasteiger charge is -2.28. The maximum absolute atomic E-state index is 12.3. The molecular weight excluding hydrogens is 242 g/mol. The van der Waals surface area contributed by atoms with Crippen LogP contribution in [0.3, 0.4) is 0 Å². The van der Waals surface area contributed by atoms with Gasteiger partial charge in [-0.05, 0) is 17.7 Å². The highest BCUT2D eigenvalue weighted by atomic mass is 16.2. The van der Waals surface area contributed by atoms with E-state index in [-0.39, 0.29) is 11.5 Å². The highest BCUT2D eigenvalue weighted by molar-refractivity contribution is 5.93. The molecular formula is C14H13N3O2. The number of fused-ring (bicyclic) bond motifs is 1. The molecule has 0 saturated heterocycles. The van der Waals surface area contributed by atoms with Gasteiger partial charge >= 0.3 is 0 Å². The van der Waals surface area contributed by atoms with E-state index in [1.54, 1.807) is 17.2 Å². The van der Waals surface area contributed by atoms with Gasteiger partial charge in [-0.15, -0.1) is 0 Å². The number of nitrogens with one attached hydrogen (secondary N) is 1. The second kappa shape index (κ2) is 4.68. The van der Waals surface area contributed by atoms with Crippen LogP contribution in [0.4, 0.5) is 0 Å². The predicted octanol–water partition coefficient (Wildman–Crippen LogP) is 0.968. The highest BCUT2D eigenvalue weighted by Crippen LogP contribution is 2.17. The van der Waals surface area contributed by atoms with E-state index in [9.17, 15) is 9.59 Å². The van der Waals surface area contributed by atoms with E-state index >= 15 is 0 Å². The number of nitrogens with zero attached hydrogens (tertiary/aromatic N) is 2. The van der Waals surface area contributed by atoms with E-state index in [0.717, 1.165) is 17.7 Å². The van der Waals surface area contributed by atoms with E-state index in [2.05, 4.69) is 9.97 Å². The zero-order chi connectivity index (χ0) is 13.2. The van der Waals surface area contributed by atoms with Gasteiger partial charge in [-0.25, -0.2) is 0 Å². The maximum atomic E-state index is 12.3. The summed E-state index contributed by atoms with van der Waals surface area (Å²) in [7, 11) is 0. The Morgan fingerprint density at radius 3 is 3.00 bits per heavy atom. The molecule has 0 aromatic carbocycles. The molecule has 0 saturated carbocycles. The Morgan fingerprint density at radius 2 is 2.21 bits per heavy atom. The highest BCUT2D eigenvalue weighted by Gasteiger charge is 2.22. The van der Waals surface area contributed by atoms with Crippen molar-refractivity contribution >= 4 is 5.91 Å². The Bertz CT molecular complexity index is 658. The van der Waals surface area contributed by atoms with E-state index in [4.69, 9.17) is 0 Å². The van der Waals surface area contributed by atoms with E-state index < -0.39 is 0 Å². The molecule has 19 heavy (non-hydrogen) atoms. The molecule has 1 aliphatic heterocycles. The predicted molar refractivity (Wildman–Crippen MR) is 69.7 cm³/mol. The van der Waals surface area contributed by atoms with Crippen molar-refractivity contribution in [3.8, 4) is 0 Å². The number of rotatable bonds is 1. The molecule has 2 aromatic rings. The smallest absolute Gasteiger partial charge is 0.255 e. The van der Waals surface area contributed by atoms with Crippen LogP contribution in [0.5, 0.6) is 0 Å². The second-order valence-corrected chi connectivity index (χ2v) is 4.53. The minimum atomic E-state index is -0.204. The molecule has 0 atom stereocenters. The van der Waals surface area contributed by atoms with E-state index in [1.165, 1.54) is 12.3 Å². The van der Waals surface area contributed by atoms with Gasteiger partial charge in [-0.3, -0.25) is 14.6 Å². The molecule has 0 unspecified atom stereocenters. The lowest BCUT2D eigenvalue weighted by atomic mass is 10.1. The Hall–Kier alpha value is -2.43. The topological polar surface area (TPSA) is 66.1 Å². The van der Waals surface area contributed by atoms with Gasteiger partial charge in [0.2, 0.25) is 5.56 Å². The van der Waals surface area contributed by atoms with Crippen molar-refractivity contribution in [3.05, 3.63) is 63.8 Å². The molecule has 96 valence electrons. The van der Waals surface area contributed by atoms with E-state index in [0.29, 0.717) is 18.7 Å². The molecule has 0 radical (unpaired) electrons. The zero-order valence-electron chi connectivity index (χ0n) is 10.3. The number of amides is 1. The number of aromatic amines is 1. The second-order valence-electron chi connectivity index (χ2n) is 4.53. The number of aromatic nitrogens is 2. The Balaban J connectivity index is 1.83. The summed E-state index contributed by atoms with van der Waals surface area (Å²) in [4.78, 5) is 31.9. The number of carbonyl (C=O) groups excluding carboxylic acids is 1. The monoisotopic (exact) mass is 255 g/mol. The van der Waals surface area contributed by atoms with Crippen LogP contribution < -0.4 is 5.56 Å². The minimum Gasteiger partial charge on any atom is -0.334 e. The fourth-order valence-electron chi connectivity index (χ4n) is 2.27. The maximum Gasteiger partial charge on any atom is 0.255 e. The molecule has 2 aromatic heterocycles. The van der Waals surface area contributed by atoms with Crippen LogP contribution in [-0.2, 0) is 13.0 Å². The summed E-state index contributed by atoms with van der Waals surface area (Å²) < 4.78 is 0. The van der Waals surface area contributed by atoms with Crippen molar-refractivity contribution in [1.29, 1.82) is 0 Å². The molecule has 1 aliphatic rings. The Labute approximate surface area is 109 Å². The van der Waals surface area contributed by atoms with Crippen LogP contribution in [-0.4, -0.2) is 27.3 Å². The van der Waals surface area contributed by atoms with Gasteiger partial charge in [-0.1, -0.05) is 6.07 Å². The molecule has 0 bridgehead atoms. The molecule has 3 heterocycles. The first-order chi connectivity index (χ1) is 9.24. The third-order valence-corrected chi connectivity index (χ3v) is 3.28. The van der Waals surface area contributed by atoms with Gasteiger partial charge in [0.05, 0.1) is 5.56 Å². The third-order valence-electron chi connectivity index (χ3n) is 3.28. The number of pyridine rings is 2. The quantitative estimate of drug-likeness (QED) is 0.825. The van der Waals surface area contributed by atoms with Crippen molar-refractivity contribution in [2.45, 2.75) is 13.0 Å². The summed E-state index contributed by atoms with van der Waals surface area (Å²) >= 11 is 0. The van der Waals surface area contributed by atoms with Crippen LogP contribution >= 0.6 is 0 Å². The van der Waals surface area contributed by atoms with E-state index in [1.807, 2.05) is 12.1 Å². The fraction of sp³-hybridized carbons (Fsp3) is 0.214. The summed E-state index contributed by atoms with van der Waals surface area (Å²) in [5.41, 5.74) is 2.45. The normalized spacial score (nSPS) is 14.0.